The first-order chi connectivity index (χ1) is 9.63. The van der Waals surface area contributed by atoms with Crippen molar-refractivity contribution in [1.82, 2.24) is 9.88 Å². The highest BCUT2D eigenvalue weighted by molar-refractivity contribution is 5.85. The Bertz CT molecular complexity index is 628. The molecule has 2 heterocycles. The predicted octanol–water partition coefficient (Wildman–Crippen LogP) is 3.39. The second-order valence-corrected chi connectivity index (χ2v) is 5.86. The van der Waals surface area contributed by atoms with Gasteiger partial charge >= 0.3 is 0 Å². The van der Waals surface area contributed by atoms with Crippen LogP contribution in [-0.4, -0.2) is 21.8 Å². The molecule has 0 N–H and O–H groups in total. The van der Waals surface area contributed by atoms with Crippen molar-refractivity contribution in [3.63, 3.8) is 0 Å². The number of fused-ring (bicyclic) bond motifs is 1. The molecule has 1 aromatic heterocycles. The molecule has 1 aliphatic rings. The third kappa shape index (κ3) is 2.66. The fourth-order valence-electron chi connectivity index (χ4n) is 3.06. The molecule has 0 radical (unpaired) electrons. The van der Waals surface area contributed by atoms with Crippen LogP contribution in [0, 0.1) is 0 Å². The van der Waals surface area contributed by atoms with Gasteiger partial charge in [-0.3, -0.25) is 9.78 Å². The summed E-state index contributed by atoms with van der Waals surface area (Å²) >= 11 is 0. The monoisotopic (exact) mass is 302 g/mol. The van der Waals surface area contributed by atoms with Gasteiger partial charge in [-0.2, -0.15) is 0 Å². The zero-order valence-electron chi connectivity index (χ0n) is 12.2. The molecule has 0 saturated carbocycles. The minimum Gasteiger partial charge on any atom is -0.327 e. The van der Waals surface area contributed by atoms with Gasteiger partial charge in [0.1, 0.15) is 0 Å². The number of benzene rings is 1. The van der Waals surface area contributed by atoms with Crippen LogP contribution >= 0.6 is 12.4 Å². The molecule has 3 rings (SSSR count). The van der Waals surface area contributed by atoms with Crippen molar-refractivity contribution in [3.8, 4) is 0 Å². The van der Waals surface area contributed by atoms with Gasteiger partial charge in [-0.05, 0) is 43.5 Å². The van der Waals surface area contributed by atoms with Gasteiger partial charge in [-0.1, -0.05) is 30.3 Å². The molecule has 4 heteroatoms. The first-order valence-corrected chi connectivity index (χ1v) is 6.86. The maximum atomic E-state index is 11.7. The van der Waals surface area contributed by atoms with Crippen molar-refractivity contribution in [2.24, 2.45) is 0 Å². The van der Waals surface area contributed by atoms with Crippen LogP contribution in [0.4, 0.5) is 0 Å². The molecule has 21 heavy (non-hydrogen) atoms. The van der Waals surface area contributed by atoms with E-state index in [4.69, 9.17) is 0 Å². The van der Waals surface area contributed by atoms with Gasteiger partial charge in [0.05, 0.1) is 11.7 Å². The smallest absolute Gasteiger partial charge is 0.210 e. The Labute approximate surface area is 131 Å². The number of halogens is 1. The van der Waals surface area contributed by atoms with Crippen molar-refractivity contribution < 1.29 is 4.79 Å². The lowest BCUT2D eigenvalue weighted by atomic mass is 9.81. The van der Waals surface area contributed by atoms with Gasteiger partial charge < -0.3 is 4.90 Å². The van der Waals surface area contributed by atoms with Gasteiger partial charge in [0.15, 0.2) is 0 Å². The Morgan fingerprint density at radius 1 is 1.19 bits per heavy atom. The fraction of sp³-hybridized carbons (Fsp3) is 0.294. The normalized spacial score (nSPS) is 19.3. The first-order valence-electron chi connectivity index (χ1n) is 6.86. The molecule has 0 aliphatic carbocycles. The maximum Gasteiger partial charge on any atom is 0.210 e. The Hall–Kier alpha value is -1.87. The summed E-state index contributed by atoms with van der Waals surface area (Å²) in [6.07, 6.45) is 3.60. The van der Waals surface area contributed by atoms with Crippen LogP contribution in [-0.2, 0) is 11.2 Å². The van der Waals surface area contributed by atoms with Gasteiger partial charge in [0, 0.05) is 11.7 Å². The third-order valence-corrected chi connectivity index (χ3v) is 4.03. The molecule has 3 nitrogen and oxygen atoms in total. The van der Waals surface area contributed by atoms with E-state index in [1.165, 1.54) is 11.1 Å². The first kappa shape index (κ1) is 15.5. The van der Waals surface area contributed by atoms with E-state index < -0.39 is 0 Å². The van der Waals surface area contributed by atoms with Crippen LogP contribution < -0.4 is 0 Å². The summed E-state index contributed by atoms with van der Waals surface area (Å²) < 4.78 is 0. The molecule has 1 aliphatic heterocycles. The highest BCUT2D eigenvalue weighted by atomic mass is 35.5. The van der Waals surface area contributed by atoms with Crippen molar-refractivity contribution in [2.75, 3.05) is 0 Å². The van der Waals surface area contributed by atoms with Crippen molar-refractivity contribution >= 4 is 18.8 Å². The van der Waals surface area contributed by atoms with E-state index in [0.717, 1.165) is 18.5 Å². The second-order valence-electron chi connectivity index (χ2n) is 5.86. The van der Waals surface area contributed by atoms with Crippen LogP contribution in [0.3, 0.4) is 0 Å². The number of carbonyl (C=O) groups is 1. The molecule has 1 unspecified atom stereocenters. The number of amides is 1. The summed E-state index contributed by atoms with van der Waals surface area (Å²) in [7, 11) is 0. The molecular weight excluding hydrogens is 284 g/mol. The number of aromatic nitrogens is 1. The maximum absolute atomic E-state index is 11.7. The lowest BCUT2D eigenvalue weighted by Crippen LogP contribution is -2.50. The zero-order valence-corrected chi connectivity index (χ0v) is 13.0. The summed E-state index contributed by atoms with van der Waals surface area (Å²) in [5, 5.41) is 0. The lowest BCUT2D eigenvalue weighted by Gasteiger charge is -2.46. The van der Waals surface area contributed by atoms with Crippen molar-refractivity contribution in [3.05, 3.63) is 65.5 Å². The van der Waals surface area contributed by atoms with Crippen molar-refractivity contribution in [2.45, 2.75) is 31.8 Å². The second kappa shape index (κ2) is 5.86. The van der Waals surface area contributed by atoms with Crippen LogP contribution in [0.5, 0.6) is 0 Å². The molecule has 0 saturated heterocycles. The largest absolute Gasteiger partial charge is 0.327 e. The Kier molecular flexibility index (Phi) is 4.33. The summed E-state index contributed by atoms with van der Waals surface area (Å²) in [5.41, 5.74) is 3.18. The highest BCUT2D eigenvalue weighted by Gasteiger charge is 2.39. The summed E-state index contributed by atoms with van der Waals surface area (Å²) in [4.78, 5) is 18.0. The average Bonchev–Trinajstić information content (AvgIpc) is 2.45. The molecule has 2 aromatic rings. The summed E-state index contributed by atoms with van der Waals surface area (Å²) in [6.45, 7) is 4.21. The highest BCUT2D eigenvalue weighted by Crippen LogP contribution is 2.40. The molecule has 1 aromatic carbocycles. The zero-order chi connectivity index (χ0) is 14.2. The van der Waals surface area contributed by atoms with Gasteiger partial charge in [-0.25, -0.2) is 0 Å². The Balaban J connectivity index is 0.00000161. The quantitative estimate of drug-likeness (QED) is 0.797. The predicted molar refractivity (Wildman–Crippen MR) is 85.5 cm³/mol. The van der Waals surface area contributed by atoms with Gasteiger partial charge in [0.25, 0.3) is 0 Å². The average molecular weight is 303 g/mol. The minimum atomic E-state index is -0.210. The molecule has 0 spiro atoms. The number of carbonyl (C=O) groups excluding carboxylic acids is 1. The van der Waals surface area contributed by atoms with E-state index in [-0.39, 0.29) is 24.0 Å². The van der Waals surface area contributed by atoms with E-state index in [9.17, 15) is 4.79 Å². The number of hydrogen-bond donors (Lipinski definition) is 0. The number of hydrogen-bond acceptors (Lipinski definition) is 2. The number of rotatable bonds is 2. The van der Waals surface area contributed by atoms with E-state index in [1.54, 1.807) is 6.20 Å². The Morgan fingerprint density at radius 2 is 1.90 bits per heavy atom. The third-order valence-electron chi connectivity index (χ3n) is 4.03. The van der Waals surface area contributed by atoms with E-state index in [1.807, 2.05) is 29.2 Å². The summed E-state index contributed by atoms with van der Waals surface area (Å²) in [6, 6.07) is 14.1. The topological polar surface area (TPSA) is 33.2 Å². The van der Waals surface area contributed by atoms with E-state index in [2.05, 4.69) is 37.0 Å². The molecule has 1 amide bonds. The molecule has 0 bridgehead atoms. The lowest BCUT2D eigenvalue weighted by molar-refractivity contribution is -0.125. The molecule has 110 valence electrons. The SMILES string of the molecule is CC1(C)Cc2ccccc2C(c2ccccn2)N1C=O.Cl. The van der Waals surface area contributed by atoms with Gasteiger partial charge in [0.2, 0.25) is 6.41 Å². The molecular formula is C17H19ClN2O. The van der Waals surface area contributed by atoms with Crippen molar-refractivity contribution in [1.29, 1.82) is 0 Å². The van der Waals surface area contributed by atoms with Crippen LogP contribution in [0.15, 0.2) is 48.7 Å². The number of pyridine rings is 1. The van der Waals surface area contributed by atoms with Crippen LogP contribution in [0.1, 0.15) is 36.7 Å². The standard InChI is InChI=1S/C17H18N2O.ClH/c1-17(2)11-13-7-3-4-8-14(13)16(19(17)12-20)15-9-5-6-10-18-15;/h3-10,12,16H,11H2,1-2H3;1H. The van der Waals surface area contributed by atoms with Crippen LogP contribution in [0.25, 0.3) is 0 Å². The number of nitrogens with zero attached hydrogens (tertiary/aromatic N) is 2. The van der Waals surface area contributed by atoms with Crippen LogP contribution in [0.2, 0.25) is 0 Å². The molecule has 0 fully saturated rings. The molecule has 1 atom stereocenters. The minimum absolute atomic E-state index is 0. The summed E-state index contributed by atoms with van der Waals surface area (Å²) in [5.74, 6) is 0. The fourth-order valence-corrected chi connectivity index (χ4v) is 3.06. The van der Waals surface area contributed by atoms with E-state index in [0.29, 0.717) is 0 Å². The van der Waals surface area contributed by atoms with E-state index >= 15 is 0 Å². The Morgan fingerprint density at radius 3 is 2.57 bits per heavy atom. The van der Waals surface area contributed by atoms with Gasteiger partial charge in [-0.15, -0.1) is 12.4 Å².